The third kappa shape index (κ3) is 9.28. The number of fused-ring (bicyclic) bond motifs is 8. The van der Waals surface area contributed by atoms with Crippen LogP contribution in [0.4, 0.5) is 28.4 Å². The summed E-state index contributed by atoms with van der Waals surface area (Å²) in [6, 6.07) is 26.9. The van der Waals surface area contributed by atoms with Gasteiger partial charge in [0.05, 0.1) is 68.4 Å². The Balaban J connectivity index is 0.941. The zero-order valence-corrected chi connectivity index (χ0v) is 37.3. The molecule has 0 saturated heterocycles. The number of nitrogens with one attached hydrogen (secondary N) is 4. The summed E-state index contributed by atoms with van der Waals surface area (Å²) in [6.07, 6.45) is 4.84. The molecule has 0 unspecified atom stereocenters. The fraction of sp³-hybridized carbons (Fsp3) is 0.240. The van der Waals surface area contributed by atoms with Crippen LogP contribution in [0.3, 0.4) is 0 Å². The molecule has 0 radical (unpaired) electrons. The monoisotopic (exact) mass is 918 g/mol. The molecule has 4 aliphatic heterocycles. The number of benzene rings is 5. The average molecular weight is 919 g/mol. The Morgan fingerprint density at radius 2 is 1.04 bits per heavy atom. The molecule has 18 nitrogen and oxygen atoms in total. The van der Waals surface area contributed by atoms with Gasteiger partial charge in [0.1, 0.15) is 13.2 Å². The first-order valence-electron chi connectivity index (χ1n) is 21.8. The van der Waals surface area contributed by atoms with Gasteiger partial charge < -0.3 is 40.2 Å². The Labute approximate surface area is 390 Å². The second-order valence-corrected chi connectivity index (χ2v) is 16.4. The smallest absolute Gasteiger partial charge is 0.261 e. The highest BCUT2D eigenvalue weighted by Crippen LogP contribution is 2.43. The van der Waals surface area contributed by atoms with E-state index in [4.69, 9.17) is 28.9 Å². The van der Waals surface area contributed by atoms with E-state index in [2.05, 4.69) is 21.3 Å². The lowest BCUT2D eigenvalue weighted by atomic mass is 10.1. The second-order valence-electron chi connectivity index (χ2n) is 16.4. The first-order chi connectivity index (χ1) is 33.0. The van der Waals surface area contributed by atoms with Crippen LogP contribution in [0, 0.1) is 0 Å². The summed E-state index contributed by atoms with van der Waals surface area (Å²) < 4.78 is 24.1. The van der Waals surface area contributed by atoms with Crippen molar-refractivity contribution >= 4 is 76.3 Å². The van der Waals surface area contributed by atoms with Crippen LogP contribution >= 0.6 is 0 Å². The number of ether oxygens (including phenoxy) is 4. The molecule has 0 saturated carbocycles. The van der Waals surface area contributed by atoms with E-state index in [1.165, 1.54) is 21.1 Å². The SMILES string of the molecule is COc1cc2c(cc1OCc1cc(COc3cc4c(cc3OC)C(=O)N3c5ccccc5C[C@H]3C=N4)cc(NC(=O)CNC(=O)CNC(=O)CNC(C)=O)c1)N=C[C@@H]1Cc3ccccc3N1C2=O. The summed E-state index contributed by atoms with van der Waals surface area (Å²) in [7, 11) is 2.97. The van der Waals surface area contributed by atoms with Gasteiger partial charge in [-0.05, 0) is 64.7 Å². The summed E-state index contributed by atoms with van der Waals surface area (Å²) >= 11 is 0. The molecule has 5 aromatic rings. The molecule has 6 amide bonds. The van der Waals surface area contributed by atoms with Gasteiger partial charge in [0.25, 0.3) is 11.8 Å². The zero-order valence-electron chi connectivity index (χ0n) is 37.3. The summed E-state index contributed by atoms with van der Waals surface area (Å²) in [5, 5.41) is 9.98. The fourth-order valence-electron chi connectivity index (χ4n) is 8.59. The van der Waals surface area contributed by atoms with Crippen LogP contribution in [0.5, 0.6) is 23.0 Å². The number of anilines is 3. The van der Waals surface area contributed by atoms with Crippen LogP contribution < -0.4 is 50.0 Å². The molecule has 68 heavy (non-hydrogen) atoms. The van der Waals surface area contributed by atoms with Gasteiger partial charge in [-0.2, -0.15) is 0 Å². The minimum absolute atomic E-state index is 0.0274. The fourth-order valence-corrected chi connectivity index (χ4v) is 8.59. The second kappa shape index (κ2) is 19.1. The number of carbonyl (C=O) groups is 6. The Kier molecular flexibility index (Phi) is 12.6. The molecule has 4 aliphatic rings. The maximum Gasteiger partial charge on any atom is 0.261 e. The van der Waals surface area contributed by atoms with Crippen molar-refractivity contribution in [1.29, 1.82) is 0 Å². The van der Waals surface area contributed by atoms with Crippen molar-refractivity contribution < 1.29 is 47.7 Å². The van der Waals surface area contributed by atoms with Crippen LogP contribution in [0.25, 0.3) is 0 Å². The lowest BCUT2D eigenvalue weighted by Gasteiger charge is -2.22. The standard InChI is InChI=1S/C50H46N8O10/c1-28(59)51-23-46(60)54-24-47(61)55-25-48(62)56-33-13-29(26-67-44-19-38-36(17-42(44)65-2)49(63)57-34(21-52-38)15-31-8-4-6-10-40(31)57)12-30(14-33)27-68-45-20-39-37(18-43(45)66-3)50(64)58-35(22-53-39)16-32-9-5-7-11-41(32)58/h4-14,17-22,34-35H,15-16,23-27H2,1-3H3,(H,51,59)(H,54,60)(H,55,61)(H,56,62)/t34-,35-/m0/s1. The Morgan fingerprint density at radius 1 is 0.588 bits per heavy atom. The molecule has 0 fully saturated rings. The number of amides is 6. The normalized spacial score (nSPS) is 15.9. The highest BCUT2D eigenvalue weighted by Gasteiger charge is 2.38. The van der Waals surface area contributed by atoms with Crippen molar-refractivity contribution in [2.45, 2.75) is 45.1 Å². The average Bonchev–Trinajstić information content (AvgIpc) is 3.83. The van der Waals surface area contributed by atoms with Gasteiger partial charge in [-0.3, -0.25) is 48.6 Å². The maximum atomic E-state index is 14.0. The van der Waals surface area contributed by atoms with Gasteiger partial charge in [0, 0.05) is 61.4 Å². The topological polar surface area (TPSA) is 219 Å². The quantitative estimate of drug-likeness (QED) is 0.113. The summed E-state index contributed by atoms with van der Waals surface area (Å²) in [6.45, 7) is 0.0905. The maximum absolute atomic E-state index is 14.0. The molecule has 9 rings (SSSR count). The molecule has 0 aliphatic carbocycles. The van der Waals surface area contributed by atoms with Gasteiger partial charge in [0.2, 0.25) is 23.6 Å². The lowest BCUT2D eigenvalue weighted by Crippen LogP contribution is -2.43. The van der Waals surface area contributed by atoms with Gasteiger partial charge in [-0.1, -0.05) is 36.4 Å². The zero-order chi connectivity index (χ0) is 47.5. The Morgan fingerprint density at radius 3 is 1.51 bits per heavy atom. The van der Waals surface area contributed by atoms with Crippen molar-refractivity contribution in [1.82, 2.24) is 16.0 Å². The molecular weight excluding hydrogens is 873 g/mol. The molecule has 346 valence electrons. The van der Waals surface area contributed by atoms with Crippen molar-refractivity contribution in [3.8, 4) is 23.0 Å². The van der Waals surface area contributed by atoms with Crippen LogP contribution in [0.2, 0.25) is 0 Å². The summed E-state index contributed by atoms with van der Waals surface area (Å²) in [4.78, 5) is 89.6. The minimum atomic E-state index is -0.621. The van der Waals surface area contributed by atoms with Gasteiger partial charge >= 0.3 is 0 Å². The number of methoxy groups -OCH3 is 2. The Hall–Kier alpha value is -8.54. The molecule has 4 N–H and O–H groups in total. The molecule has 5 aromatic carbocycles. The third-order valence-electron chi connectivity index (χ3n) is 11.8. The first-order valence-corrected chi connectivity index (χ1v) is 21.8. The van der Waals surface area contributed by atoms with E-state index in [1.807, 2.05) is 54.6 Å². The van der Waals surface area contributed by atoms with Crippen LogP contribution in [-0.2, 0) is 45.2 Å². The van der Waals surface area contributed by atoms with Crippen LogP contribution in [0.1, 0.15) is 49.9 Å². The molecule has 0 bridgehead atoms. The van der Waals surface area contributed by atoms with E-state index in [0.29, 0.717) is 75.2 Å². The van der Waals surface area contributed by atoms with E-state index in [-0.39, 0.29) is 43.7 Å². The first kappa shape index (κ1) is 44.7. The van der Waals surface area contributed by atoms with Gasteiger partial charge in [-0.25, -0.2) is 0 Å². The van der Waals surface area contributed by atoms with E-state index in [1.54, 1.807) is 58.6 Å². The largest absolute Gasteiger partial charge is 0.493 e. The Bertz CT molecular complexity index is 2790. The molecule has 0 aromatic heterocycles. The van der Waals surface area contributed by atoms with Crippen molar-refractivity contribution in [3.05, 3.63) is 124 Å². The highest BCUT2D eigenvalue weighted by molar-refractivity contribution is 6.16. The summed E-state index contributed by atoms with van der Waals surface area (Å²) in [5.74, 6) is -1.28. The molecular formula is C50H46N8O10. The van der Waals surface area contributed by atoms with Gasteiger partial charge in [-0.15, -0.1) is 0 Å². The van der Waals surface area contributed by atoms with E-state index >= 15 is 0 Å². The number of hydrogen-bond donors (Lipinski definition) is 4. The van der Waals surface area contributed by atoms with Crippen LogP contribution in [0.15, 0.2) is 101 Å². The number of aliphatic imine (C=N–C) groups is 2. The van der Waals surface area contributed by atoms with Gasteiger partial charge in [0.15, 0.2) is 23.0 Å². The number of carbonyl (C=O) groups excluding carboxylic acids is 6. The van der Waals surface area contributed by atoms with Crippen molar-refractivity contribution in [2.24, 2.45) is 9.98 Å². The molecule has 4 heterocycles. The van der Waals surface area contributed by atoms with E-state index < -0.39 is 36.7 Å². The number of para-hydroxylation sites is 2. The predicted molar refractivity (Wildman–Crippen MR) is 252 cm³/mol. The van der Waals surface area contributed by atoms with Crippen molar-refractivity contribution in [3.63, 3.8) is 0 Å². The molecule has 0 spiro atoms. The minimum Gasteiger partial charge on any atom is -0.493 e. The number of rotatable bonds is 15. The highest BCUT2D eigenvalue weighted by atomic mass is 16.5. The third-order valence-corrected chi connectivity index (χ3v) is 11.8. The summed E-state index contributed by atoms with van der Waals surface area (Å²) in [5.41, 5.74) is 6.95. The number of nitrogens with zero attached hydrogens (tertiary/aromatic N) is 4. The molecule has 18 heteroatoms. The van der Waals surface area contributed by atoms with E-state index in [9.17, 15) is 28.8 Å². The van der Waals surface area contributed by atoms with Crippen LogP contribution in [-0.4, -0.2) is 93.8 Å². The number of hydrogen-bond acceptors (Lipinski definition) is 12. The van der Waals surface area contributed by atoms with Crippen molar-refractivity contribution in [2.75, 3.05) is 49.0 Å². The predicted octanol–water partition coefficient (Wildman–Crippen LogP) is 4.74. The molecule has 2 atom stereocenters. The van der Waals surface area contributed by atoms with E-state index in [0.717, 1.165) is 22.5 Å². The lowest BCUT2D eigenvalue weighted by molar-refractivity contribution is -0.127.